The highest BCUT2D eigenvalue weighted by molar-refractivity contribution is 5.75. The van der Waals surface area contributed by atoms with Crippen LogP contribution in [0.3, 0.4) is 0 Å². The van der Waals surface area contributed by atoms with Gasteiger partial charge in [-0.05, 0) is 18.8 Å². The second kappa shape index (κ2) is 9.00. The lowest BCUT2D eigenvalue weighted by atomic mass is 9.93. The number of unbranched alkanes of at least 4 members (excludes halogenated alkanes) is 2. The maximum Gasteiger partial charge on any atom is 0.234 e. The fraction of sp³-hybridized carbons (Fsp3) is 0.909. The average Bonchev–Trinajstić information content (AvgIpc) is 2.21. The van der Waals surface area contributed by atoms with Crippen molar-refractivity contribution < 1.29 is 4.79 Å². The van der Waals surface area contributed by atoms with Gasteiger partial charge in [-0.15, -0.1) is 0 Å². The van der Waals surface area contributed by atoms with Gasteiger partial charge < -0.3 is 0 Å². The van der Waals surface area contributed by atoms with Gasteiger partial charge in [0.1, 0.15) is 0 Å². The van der Waals surface area contributed by atoms with E-state index in [0.29, 0.717) is 12.3 Å². The maximum absolute atomic E-state index is 11.1. The lowest BCUT2D eigenvalue weighted by Gasteiger charge is -2.14. The number of hydrogen-bond donors (Lipinski definition) is 2. The highest BCUT2D eigenvalue weighted by Gasteiger charge is 2.11. The summed E-state index contributed by atoms with van der Waals surface area (Å²) >= 11 is 0. The summed E-state index contributed by atoms with van der Waals surface area (Å²) in [5, 5.41) is 0. The molecule has 0 saturated heterocycles. The minimum Gasteiger partial charge on any atom is -0.294 e. The van der Waals surface area contributed by atoms with Crippen molar-refractivity contribution in [3.05, 3.63) is 0 Å². The molecule has 0 aromatic heterocycles. The molecule has 3 heteroatoms. The van der Waals surface area contributed by atoms with Crippen LogP contribution in [0, 0.1) is 5.92 Å². The Kier molecular flexibility index (Phi) is 8.64. The quantitative estimate of drug-likeness (QED) is 0.359. The largest absolute Gasteiger partial charge is 0.294 e. The molecule has 0 heterocycles. The minimum atomic E-state index is -0.0257. The van der Waals surface area contributed by atoms with Gasteiger partial charge in [0.2, 0.25) is 5.91 Å². The Labute approximate surface area is 87.4 Å². The van der Waals surface area contributed by atoms with Crippen molar-refractivity contribution in [2.75, 3.05) is 0 Å². The van der Waals surface area contributed by atoms with Gasteiger partial charge in [0, 0.05) is 6.42 Å². The summed E-state index contributed by atoms with van der Waals surface area (Å²) in [6.45, 7) is 4.36. The van der Waals surface area contributed by atoms with Crippen molar-refractivity contribution in [1.82, 2.24) is 5.43 Å². The van der Waals surface area contributed by atoms with Gasteiger partial charge in [0.15, 0.2) is 0 Å². The first-order valence-electron chi connectivity index (χ1n) is 5.74. The van der Waals surface area contributed by atoms with Crippen molar-refractivity contribution in [3.8, 4) is 0 Å². The second-order valence-corrected chi connectivity index (χ2v) is 3.92. The Morgan fingerprint density at radius 1 is 1.21 bits per heavy atom. The number of carbonyl (C=O) groups is 1. The monoisotopic (exact) mass is 200 g/mol. The van der Waals surface area contributed by atoms with Crippen molar-refractivity contribution in [3.63, 3.8) is 0 Å². The number of nitrogens with one attached hydrogen (secondary N) is 1. The van der Waals surface area contributed by atoms with Crippen molar-refractivity contribution in [2.45, 2.75) is 58.8 Å². The van der Waals surface area contributed by atoms with Crippen LogP contribution in [0.25, 0.3) is 0 Å². The third kappa shape index (κ3) is 6.89. The van der Waals surface area contributed by atoms with Crippen LogP contribution in [-0.4, -0.2) is 5.91 Å². The first kappa shape index (κ1) is 13.4. The third-order valence-electron chi connectivity index (χ3n) is 2.57. The number of carbonyl (C=O) groups excluding carboxylic acids is 1. The van der Waals surface area contributed by atoms with E-state index >= 15 is 0 Å². The second-order valence-electron chi connectivity index (χ2n) is 3.92. The molecule has 0 rings (SSSR count). The first-order valence-corrected chi connectivity index (χ1v) is 5.74. The Balaban J connectivity index is 3.77. The van der Waals surface area contributed by atoms with Crippen molar-refractivity contribution in [1.29, 1.82) is 0 Å². The Bertz CT molecular complexity index is 140. The molecule has 0 atom stereocenters. The predicted molar refractivity (Wildman–Crippen MR) is 59.5 cm³/mol. The van der Waals surface area contributed by atoms with Crippen molar-refractivity contribution in [2.24, 2.45) is 11.8 Å². The topological polar surface area (TPSA) is 55.1 Å². The number of nitrogens with two attached hydrogens (primary N) is 1. The van der Waals surface area contributed by atoms with E-state index in [4.69, 9.17) is 5.84 Å². The van der Waals surface area contributed by atoms with Crippen LogP contribution in [-0.2, 0) is 4.79 Å². The van der Waals surface area contributed by atoms with Gasteiger partial charge >= 0.3 is 0 Å². The standard InChI is InChI=1S/C11H24N2O/c1-3-5-7-10(8-6-4-2)9-11(14)13-12/h10H,3-9,12H2,1-2H3,(H,13,14). The van der Waals surface area contributed by atoms with Crippen LogP contribution < -0.4 is 11.3 Å². The molecule has 0 aromatic rings. The third-order valence-corrected chi connectivity index (χ3v) is 2.57. The average molecular weight is 200 g/mol. The molecule has 84 valence electrons. The zero-order valence-corrected chi connectivity index (χ0v) is 9.51. The first-order chi connectivity index (χ1) is 6.74. The molecule has 0 aliphatic carbocycles. The highest BCUT2D eigenvalue weighted by Crippen LogP contribution is 2.19. The minimum absolute atomic E-state index is 0.0257. The molecule has 0 spiro atoms. The molecule has 1 amide bonds. The number of rotatable bonds is 8. The molecule has 0 fully saturated rings. The molecule has 0 unspecified atom stereocenters. The maximum atomic E-state index is 11.1. The molecular formula is C11H24N2O. The van der Waals surface area contributed by atoms with E-state index in [1.54, 1.807) is 0 Å². The SMILES string of the molecule is CCCCC(CCCC)CC(=O)NN. The highest BCUT2D eigenvalue weighted by atomic mass is 16.2. The summed E-state index contributed by atoms with van der Waals surface area (Å²) in [7, 11) is 0. The molecule has 3 N–H and O–H groups in total. The zero-order chi connectivity index (χ0) is 10.8. The summed E-state index contributed by atoms with van der Waals surface area (Å²) in [6, 6.07) is 0. The summed E-state index contributed by atoms with van der Waals surface area (Å²) in [5.41, 5.74) is 2.21. The van der Waals surface area contributed by atoms with Crippen LogP contribution >= 0.6 is 0 Å². The molecule has 0 bridgehead atoms. The Morgan fingerprint density at radius 3 is 2.07 bits per heavy atom. The van der Waals surface area contributed by atoms with E-state index in [9.17, 15) is 4.79 Å². The molecular weight excluding hydrogens is 176 g/mol. The van der Waals surface area contributed by atoms with Gasteiger partial charge in [0.25, 0.3) is 0 Å². The van der Waals surface area contributed by atoms with E-state index < -0.39 is 0 Å². The molecule has 0 aromatic carbocycles. The van der Waals surface area contributed by atoms with Crippen LogP contribution in [0.15, 0.2) is 0 Å². The van der Waals surface area contributed by atoms with E-state index in [0.717, 1.165) is 12.8 Å². The Morgan fingerprint density at radius 2 is 1.71 bits per heavy atom. The number of hydrazine groups is 1. The fourth-order valence-electron chi connectivity index (χ4n) is 1.66. The zero-order valence-electron chi connectivity index (χ0n) is 9.51. The molecule has 0 saturated carbocycles. The summed E-state index contributed by atoms with van der Waals surface area (Å²) < 4.78 is 0. The van der Waals surface area contributed by atoms with E-state index in [2.05, 4.69) is 19.3 Å². The van der Waals surface area contributed by atoms with Crippen LogP contribution in [0.1, 0.15) is 58.8 Å². The van der Waals surface area contributed by atoms with Crippen LogP contribution in [0.2, 0.25) is 0 Å². The summed E-state index contributed by atoms with van der Waals surface area (Å²) in [5.74, 6) is 5.58. The molecule has 0 radical (unpaired) electrons. The van der Waals surface area contributed by atoms with Gasteiger partial charge in [0.05, 0.1) is 0 Å². The molecule has 14 heavy (non-hydrogen) atoms. The lowest BCUT2D eigenvalue weighted by Crippen LogP contribution is -2.31. The van der Waals surface area contributed by atoms with E-state index in [1.165, 1.54) is 25.7 Å². The number of hydrogen-bond acceptors (Lipinski definition) is 2. The molecule has 0 aliphatic rings. The lowest BCUT2D eigenvalue weighted by molar-refractivity contribution is -0.122. The van der Waals surface area contributed by atoms with E-state index in [-0.39, 0.29) is 5.91 Å². The normalized spacial score (nSPS) is 10.6. The van der Waals surface area contributed by atoms with Gasteiger partial charge in [-0.2, -0.15) is 0 Å². The van der Waals surface area contributed by atoms with Crippen LogP contribution in [0.5, 0.6) is 0 Å². The molecule has 3 nitrogen and oxygen atoms in total. The summed E-state index contributed by atoms with van der Waals surface area (Å²) in [4.78, 5) is 11.1. The van der Waals surface area contributed by atoms with Crippen LogP contribution in [0.4, 0.5) is 0 Å². The van der Waals surface area contributed by atoms with Gasteiger partial charge in [-0.25, -0.2) is 5.84 Å². The summed E-state index contributed by atoms with van der Waals surface area (Å²) in [6.07, 6.45) is 7.74. The van der Waals surface area contributed by atoms with Crippen molar-refractivity contribution >= 4 is 5.91 Å². The van der Waals surface area contributed by atoms with Gasteiger partial charge in [-0.1, -0.05) is 39.5 Å². The van der Waals surface area contributed by atoms with E-state index in [1.807, 2.05) is 0 Å². The number of amides is 1. The molecule has 0 aliphatic heterocycles. The fourth-order valence-corrected chi connectivity index (χ4v) is 1.66. The predicted octanol–water partition coefficient (Wildman–Crippen LogP) is 2.36. The smallest absolute Gasteiger partial charge is 0.234 e. The van der Waals surface area contributed by atoms with Gasteiger partial charge in [-0.3, -0.25) is 10.2 Å². The Hall–Kier alpha value is -0.570.